The summed E-state index contributed by atoms with van der Waals surface area (Å²) < 4.78 is 6.23. The summed E-state index contributed by atoms with van der Waals surface area (Å²) in [6.07, 6.45) is 12.8. The van der Waals surface area contributed by atoms with Crippen molar-refractivity contribution < 1.29 is 4.74 Å². The molecule has 0 radical (unpaired) electrons. The summed E-state index contributed by atoms with van der Waals surface area (Å²) in [6.45, 7) is 3.95. The minimum atomic E-state index is 0.190. The molecule has 0 amide bonds. The van der Waals surface area contributed by atoms with Crippen molar-refractivity contribution in [2.24, 2.45) is 4.99 Å². The molecule has 2 aromatic carbocycles. The molecular formula is C26H37NO. The highest BCUT2D eigenvalue weighted by Gasteiger charge is 2.11. The van der Waals surface area contributed by atoms with Crippen LogP contribution in [-0.4, -0.2) is 19.4 Å². The first-order valence-electron chi connectivity index (χ1n) is 11.1. The van der Waals surface area contributed by atoms with Crippen molar-refractivity contribution >= 4 is 6.21 Å². The number of benzene rings is 2. The van der Waals surface area contributed by atoms with E-state index in [-0.39, 0.29) is 6.10 Å². The van der Waals surface area contributed by atoms with Gasteiger partial charge in [-0.2, -0.15) is 0 Å². The largest absolute Gasteiger partial charge is 0.373 e. The van der Waals surface area contributed by atoms with E-state index < -0.39 is 0 Å². The molecule has 0 N–H and O–H groups in total. The molecule has 152 valence electrons. The fraction of sp³-hybridized carbons (Fsp3) is 0.500. The summed E-state index contributed by atoms with van der Waals surface area (Å²) in [5, 5.41) is 0. The average molecular weight is 380 g/mol. The zero-order valence-corrected chi connectivity index (χ0v) is 17.6. The first-order valence-corrected chi connectivity index (χ1v) is 11.1. The third-order valence-electron chi connectivity index (χ3n) is 5.03. The fourth-order valence-electron chi connectivity index (χ4n) is 3.39. The maximum atomic E-state index is 6.23. The Bertz CT molecular complexity index is 623. The minimum Gasteiger partial charge on any atom is -0.373 e. The number of nitrogens with zero attached hydrogens (tertiary/aromatic N) is 1. The molecule has 0 bridgehead atoms. The molecule has 0 saturated carbocycles. The van der Waals surface area contributed by atoms with Crippen molar-refractivity contribution in [3.8, 4) is 0 Å². The molecule has 0 aromatic heterocycles. The van der Waals surface area contributed by atoms with Gasteiger partial charge >= 0.3 is 0 Å². The zero-order valence-electron chi connectivity index (χ0n) is 17.6. The van der Waals surface area contributed by atoms with E-state index in [4.69, 9.17) is 4.74 Å². The van der Waals surface area contributed by atoms with Gasteiger partial charge in [-0.25, -0.2) is 0 Å². The van der Waals surface area contributed by atoms with Crippen molar-refractivity contribution in [2.75, 3.05) is 13.2 Å². The van der Waals surface area contributed by atoms with Crippen LogP contribution in [0.5, 0.6) is 0 Å². The molecule has 0 saturated heterocycles. The number of hydrogen-bond acceptors (Lipinski definition) is 2. The third kappa shape index (κ3) is 9.85. The summed E-state index contributed by atoms with van der Waals surface area (Å²) in [6, 6.07) is 21.4. The van der Waals surface area contributed by atoms with Gasteiger partial charge < -0.3 is 4.74 Å². The topological polar surface area (TPSA) is 21.6 Å². The quantitative estimate of drug-likeness (QED) is 0.237. The molecule has 0 aliphatic carbocycles. The molecular weight excluding hydrogens is 342 g/mol. The smallest absolute Gasteiger partial charge is 0.0825 e. The number of rotatable bonds is 15. The average Bonchev–Trinajstić information content (AvgIpc) is 2.75. The van der Waals surface area contributed by atoms with Crippen LogP contribution in [0.1, 0.15) is 75.5 Å². The van der Waals surface area contributed by atoms with Gasteiger partial charge in [-0.3, -0.25) is 4.99 Å². The normalized spacial score (nSPS) is 12.5. The van der Waals surface area contributed by atoms with E-state index in [1.54, 1.807) is 0 Å². The maximum Gasteiger partial charge on any atom is 0.0825 e. The van der Waals surface area contributed by atoms with Gasteiger partial charge in [0.15, 0.2) is 0 Å². The number of ether oxygens (including phenoxy) is 1. The van der Waals surface area contributed by atoms with Gasteiger partial charge in [0.2, 0.25) is 0 Å². The highest BCUT2D eigenvalue weighted by atomic mass is 16.5. The number of hydrogen-bond donors (Lipinski definition) is 0. The van der Waals surface area contributed by atoms with Gasteiger partial charge in [0.1, 0.15) is 0 Å². The highest BCUT2D eigenvalue weighted by Crippen LogP contribution is 2.24. The fourth-order valence-corrected chi connectivity index (χ4v) is 3.39. The van der Waals surface area contributed by atoms with E-state index in [0.717, 1.165) is 32.4 Å². The van der Waals surface area contributed by atoms with Crippen molar-refractivity contribution in [2.45, 2.75) is 70.8 Å². The molecule has 0 aliphatic rings. The zero-order chi connectivity index (χ0) is 19.7. The molecule has 0 fully saturated rings. The second kappa shape index (κ2) is 15.0. The van der Waals surface area contributed by atoms with Gasteiger partial charge in [-0.15, -0.1) is 0 Å². The van der Waals surface area contributed by atoms with Crippen molar-refractivity contribution in [3.05, 3.63) is 71.8 Å². The Morgan fingerprint density at radius 2 is 1.61 bits per heavy atom. The lowest BCUT2D eigenvalue weighted by Crippen LogP contribution is -2.06. The molecule has 0 spiro atoms. The maximum absolute atomic E-state index is 6.23. The van der Waals surface area contributed by atoms with Crippen molar-refractivity contribution in [1.29, 1.82) is 0 Å². The van der Waals surface area contributed by atoms with Crippen LogP contribution in [0.25, 0.3) is 0 Å². The lowest BCUT2D eigenvalue weighted by molar-refractivity contribution is 0.0501. The SMILES string of the molecule is CCCCCCN=CCCOC(CCCCc1ccccc1)c1ccccc1. The van der Waals surface area contributed by atoms with E-state index in [2.05, 4.69) is 72.6 Å². The molecule has 2 rings (SSSR count). The van der Waals surface area contributed by atoms with Gasteiger partial charge in [0.05, 0.1) is 12.7 Å². The van der Waals surface area contributed by atoms with Crippen molar-refractivity contribution in [1.82, 2.24) is 0 Å². The lowest BCUT2D eigenvalue weighted by Gasteiger charge is -2.18. The van der Waals surface area contributed by atoms with Crippen LogP contribution in [0.15, 0.2) is 65.7 Å². The molecule has 1 atom stereocenters. The van der Waals surface area contributed by atoms with Crippen LogP contribution in [0.2, 0.25) is 0 Å². The van der Waals surface area contributed by atoms with E-state index in [9.17, 15) is 0 Å². The lowest BCUT2D eigenvalue weighted by atomic mass is 10.0. The predicted octanol–water partition coefficient (Wildman–Crippen LogP) is 7.20. The molecule has 2 nitrogen and oxygen atoms in total. The summed E-state index contributed by atoms with van der Waals surface area (Å²) in [7, 11) is 0. The van der Waals surface area contributed by atoms with Crippen LogP contribution >= 0.6 is 0 Å². The Balaban J connectivity index is 1.68. The van der Waals surface area contributed by atoms with Crippen LogP contribution in [0, 0.1) is 0 Å². The monoisotopic (exact) mass is 379 g/mol. The Morgan fingerprint density at radius 1 is 0.857 bits per heavy atom. The summed E-state index contributed by atoms with van der Waals surface area (Å²) in [4.78, 5) is 4.52. The van der Waals surface area contributed by atoms with Gasteiger partial charge in [0, 0.05) is 19.2 Å². The molecule has 28 heavy (non-hydrogen) atoms. The van der Waals surface area contributed by atoms with E-state index in [0.29, 0.717) is 0 Å². The number of unbranched alkanes of at least 4 members (excludes halogenated alkanes) is 4. The van der Waals surface area contributed by atoms with Crippen LogP contribution < -0.4 is 0 Å². The Labute approximate surface area is 172 Å². The number of aliphatic imine (C=N–C) groups is 1. The van der Waals surface area contributed by atoms with Gasteiger partial charge in [-0.05, 0) is 36.8 Å². The minimum absolute atomic E-state index is 0.190. The molecule has 2 heteroatoms. The summed E-state index contributed by atoms with van der Waals surface area (Å²) in [5.74, 6) is 0. The second-order valence-electron chi connectivity index (χ2n) is 7.44. The first kappa shape index (κ1) is 22.4. The summed E-state index contributed by atoms with van der Waals surface area (Å²) >= 11 is 0. The van der Waals surface area contributed by atoms with E-state index in [1.165, 1.54) is 49.7 Å². The molecule has 0 heterocycles. The Hall–Kier alpha value is -1.93. The van der Waals surface area contributed by atoms with Crippen LogP contribution in [-0.2, 0) is 11.2 Å². The predicted molar refractivity (Wildman–Crippen MR) is 121 cm³/mol. The van der Waals surface area contributed by atoms with Crippen LogP contribution in [0.4, 0.5) is 0 Å². The van der Waals surface area contributed by atoms with E-state index in [1.807, 2.05) is 6.21 Å². The van der Waals surface area contributed by atoms with Gasteiger partial charge in [0.25, 0.3) is 0 Å². The molecule has 1 unspecified atom stereocenters. The van der Waals surface area contributed by atoms with E-state index >= 15 is 0 Å². The Kier molecular flexibility index (Phi) is 12.0. The standard InChI is InChI=1S/C26H37NO/c1-2-3-4-13-21-27-22-14-23-28-26(25-18-9-6-10-19-25)20-12-11-17-24-15-7-5-8-16-24/h5-10,15-16,18-19,22,26H,2-4,11-14,17,20-21,23H2,1H3. The van der Waals surface area contributed by atoms with Gasteiger partial charge in [-0.1, -0.05) is 93.3 Å². The summed E-state index contributed by atoms with van der Waals surface area (Å²) in [5.41, 5.74) is 2.72. The Morgan fingerprint density at radius 3 is 2.36 bits per heavy atom. The second-order valence-corrected chi connectivity index (χ2v) is 7.44. The van der Waals surface area contributed by atoms with Crippen LogP contribution in [0.3, 0.4) is 0 Å². The molecule has 0 aliphatic heterocycles. The number of aryl methyl sites for hydroxylation is 1. The highest BCUT2D eigenvalue weighted by molar-refractivity contribution is 5.57. The van der Waals surface area contributed by atoms with Crippen molar-refractivity contribution in [3.63, 3.8) is 0 Å². The molecule has 2 aromatic rings. The third-order valence-corrected chi connectivity index (χ3v) is 5.03. The first-order chi connectivity index (χ1) is 13.9.